The molecular weight excluding hydrogens is 340 g/mol. The van der Waals surface area contributed by atoms with Gasteiger partial charge in [-0.2, -0.15) is 0 Å². The number of aryl methyl sites for hydroxylation is 1. The Morgan fingerprint density at radius 2 is 1.85 bits per heavy atom. The lowest BCUT2D eigenvalue weighted by atomic mass is 10.1. The second-order valence-electron chi connectivity index (χ2n) is 6.76. The number of amides is 1. The molecule has 1 saturated heterocycles. The van der Waals surface area contributed by atoms with Gasteiger partial charge in [0, 0.05) is 25.3 Å². The molecule has 27 heavy (non-hydrogen) atoms. The van der Waals surface area contributed by atoms with Crippen LogP contribution < -0.4 is 15.0 Å². The van der Waals surface area contributed by atoms with Crippen molar-refractivity contribution in [2.24, 2.45) is 0 Å². The highest BCUT2D eigenvalue weighted by atomic mass is 16.5. The molecule has 2 aromatic rings. The number of carbonyl (C=O) groups excluding carboxylic acids is 1. The van der Waals surface area contributed by atoms with Crippen LogP contribution >= 0.6 is 0 Å². The number of para-hydroxylation sites is 1. The molecule has 0 aliphatic carbocycles. The molecular formula is C22H28N2O3. The van der Waals surface area contributed by atoms with E-state index in [1.54, 1.807) is 0 Å². The number of carbonyl (C=O) groups is 1. The molecule has 0 spiro atoms. The molecule has 5 heteroatoms. The molecule has 1 heterocycles. The summed E-state index contributed by atoms with van der Waals surface area (Å²) in [6.45, 7) is 7.83. The van der Waals surface area contributed by atoms with E-state index in [0.717, 1.165) is 43.2 Å². The number of ether oxygens (including phenoxy) is 2. The molecule has 0 bridgehead atoms. The van der Waals surface area contributed by atoms with E-state index in [4.69, 9.17) is 9.47 Å². The normalized spacial score (nSPS) is 15.3. The quantitative estimate of drug-likeness (QED) is 0.815. The van der Waals surface area contributed by atoms with Gasteiger partial charge in [0.2, 0.25) is 0 Å². The summed E-state index contributed by atoms with van der Waals surface area (Å²) in [7, 11) is 0. The molecule has 2 aromatic carbocycles. The maximum Gasteiger partial charge on any atom is 0.261 e. The average Bonchev–Trinajstić information content (AvgIpc) is 2.72. The summed E-state index contributed by atoms with van der Waals surface area (Å²) in [4.78, 5) is 14.8. The van der Waals surface area contributed by atoms with Crippen molar-refractivity contribution in [1.29, 1.82) is 0 Å². The highest BCUT2D eigenvalue weighted by Gasteiger charge is 2.19. The number of hydrogen-bond acceptors (Lipinski definition) is 4. The Morgan fingerprint density at radius 3 is 2.52 bits per heavy atom. The minimum atomic E-state index is -0.487. The van der Waals surface area contributed by atoms with E-state index in [2.05, 4.69) is 34.5 Å². The molecule has 1 unspecified atom stereocenters. The summed E-state index contributed by atoms with van der Waals surface area (Å²) in [5.41, 5.74) is 3.30. The van der Waals surface area contributed by atoms with E-state index in [9.17, 15) is 4.79 Å². The van der Waals surface area contributed by atoms with E-state index in [0.29, 0.717) is 13.0 Å². The molecule has 3 rings (SSSR count). The van der Waals surface area contributed by atoms with Crippen molar-refractivity contribution in [1.82, 2.24) is 5.32 Å². The van der Waals surface area contributed by atoms with E-state index in [-0.39, 0.29) is 5.91 Å². The second kappa shape index (κ2) is 9.42. The first-order chi connectivity index (χ1) is 13.2. The topological polar surface area (TPSA) is 50.8 Å². The van der Waals surface area contributed by atoms with Crippen LogP contribution in [0.25, 0.3) is 0 Å². The Hall–Kier alpha value is -2.53. The van der Waals surface area contributed by atoms with Gasteiger partial charge in [-0.1, -0.05) is 37.3 Å². The molecule has 1 N–H and O–H groups in total. The minimum absolute atomic E-state index is 0.0852. The third kappa shape index (κ3) is 5.23. The van der Waals surface area contributed by atoms with Crippen LogP contribution in [0.5, 0.6) is 5.75 Å². The first-order valence-corrected chi connectivity index (χ1v) is 9.59. The van der Waals surface area contributed by atoms with Crippen molar-refractivity contribution in [2.45, 2.75) is 32.9 Å². The van der Waals surface area contributed by atoms with Crippen LogP contribution in [0.3, 0.4) is 0 Å². The van der Waals surface area contributed by atoms with Crippen molar-refractivity contribution in [3.63, 3.8) is 0 Å². The molecule has 1 amide bonds. The van der Waals surface area contributed by atoms with Crippen molar-refractivity contribution in [2.75, 3.05) is 31.2 Å². The van der Waals surface area contributed by atoms with E-state index in [1.807, 2.05) is 38.1 Å². The monoisotopic (exact) mass is 368 g/mol. The van der Waals surface area contributed by atoms with Gasteiger partial charge in [-0.3, -0.25) is 4.79 Å². The lowest BCUT2D eigenvalue weighted by Crippen LogP contribution is -2.37. The lowest BCUT2D eigenvalue weighted by Gasteiger charge is -2.29. The van der Waals surface area contributed by atoms with Crippen LogP contribution in [0.2, 0.25) is 0 Å². The number of hydrogen-bond donors (Lipinski definition) is 1. The van der Waals surface area contributed by atoms with E-state index in [1.165, 1.54) is 5.69 Å². The van der Waals surface area contributed by atoms with Crippen molar-refractivity contribution < 1.29 is 14.3 Å². The highest BCUT2D eigenvalue weighted by molar-refractivity contribution is 5.81. The highest BCUT2D eigenvalue weighted by Crippen LogP contribution is 2.19. The predicted octanol–water partition coefficient (Wildman–Crippen LogP) is 3.31. The zero-order valence-corrected chi connectivity index (χ0v) is 16.1. The fourth-order valence-corrected chi connectivity index (χ4v) is 3.11. The van der Waals surface area contributed by atoms with Gasteiger partial charge in [0.25, 0.3) is 5.91 Å². The SMILES string of the molecule is CCC(Oc1ccccc1C)C(=O)NCc1ccc(N2CCOCC2)cc1. The summed E-state index contributed by atoms with van der Waals surface area (Å²) in [6, 6.07) is 16.1. The van der Waals surface area contributed by atoms with Gasteiger partial charge < -0.3 is 19.7 Å². The zero-order chi connectivity index (χ0) is 19.1. The number of anilines is 1. The van der Waals surface area contributed by atoms with Crippen molar-refractivity contribution >= 4 is 11.6 Å². The second-order valence-corrected chi connectivity index (χ2v) is 6.76. The third-order valence-electron chi connectivity index (χ3n) is 4.81. The van der Waals surface area contributed by atoms with Crippen LogP contribution in [0, 0.1) is 6.92 Å². The fourth-order valence-electron chi connectivity index (χ4n) is 3.11. The molecule has 0 saturated carbocycles. The Balaban J connectivity index is 1.53. The molecule has 1 aliphatic rings. The molecule has 1 atom stereocenters. The van der Waals surface area contributed by atoms with Gasteiger partial charge in [-0.15, -0.1) is 0 Å². The number of benzene rings is 2. The third-order valence-corrected chi connectivity index (χ3v) is 4.81. The maximum atomic E-state index is 12.5. The van der Waals surface area contributed by atoms with Gasteiger partial charge in [0.15, 0.2) is 6.10 Å². The van der Waals surface area contributed by atoms with Gasteiger partial charge >= 0.3 is 0 Å². The predicted molar refractivity (Wildman–Crippen MR) is 107 cm³/mol. The summed E-state index contributed by atoms with van der Waals surface area (Å²) >= 11 is 0. The molecule has 1 aliphatic heterocycles. The van der Waals surface area contributed by atoms with Gasteiger partial charge in [-0.05, 0) is 42.7 Å². The van der Waals surface area contributed by atoms with E-state index < -0.39 is 6.10 Å². The van der Waals surface area contributed by atoms with Crippen LogP contribution in [-0.4, -0.2) is 38.3 Å². The standard InChI is InChI=1S/C22H28N2O3/c1-3-20(27-21-7-5-4-6-17(21)2)22(25)23-16-18-8-10-19(11-9-18)24-12-14-26-15-13-24/h4-11,20H,3,12-16H2,1-2H3,(H,23,25). The van der Waals surface area contributed by atoms with Crippen LogP contribution in [0.4, 0.5) is 5.69 Å². The molecule has 1 fully saturated rings. The first-order valence-electron chi connectivity index (χ1n) is 9.59. The summed E-state index contributed by atoms with van der Waals surface area (Å²) < 4.78 is 11.3. The van der Waals surface area contributed by atoms with Gasteiger partial charge in [-0.25, -0.2) is 0 Å². The maximum absolute atomic E-state index is 12.5. The number of morpholine rings is 1. The van der Waals surface area contributed by atoms with Gasteiger partial charge in [0.1, 0.15) is 5.75 Å². The fraction of sp³-hybridized carbons (Fsp3) is 0.409. The Labute approximate surface area is 161 Å². The Morgan fingerprint density at radius 1 is 1.15 bits per heavy atom. The molecule has 0 aromatic heterocycles. The molecule has 0 radical (unpaired) electrons. The van der Waals surface area contributed by atoms with Gasteiger partial charge in [0.05, 0.1) is 13.2 Å². The minimum Gasteiger partial charge on any atom is -0.480 e. The largest absolute Gasteiger partial charge is 0.480 e. The average molecular weight is 368 g/mol. The van der Waals surface area contributed by atoms with E-state index >= 15 is 0 Å². The molecule has 5 nitrogen and oxygen atoms in total. The number of rotatable bonds is 7. The number of nitrogens with one attached hydrogen (secondary N) is 1. The smallest absolute Gasteiger partial charge is 0.261 e. The number of nitrogens with zero attached hydrogens (tertiary/aromatic N) is 1. The Kier molecular flexibility index (Phi) is 6.71. The molecule has 144 valence electrons. The lowest BCUT2D eigenvalue weighted by molar-refractivity contribution is -0.128. The van der Waals surface area contributed by atoms with Crippen LogP contribution in [-0.2, 0) is 16.1 Å². The summed E-state index contributed by atoms with van der Waals surface area (Å²) in [6.07, 6.45) is 0.134. The van der Waals surface area contributed by atoms with Crippen LogP contribution in [0.15, 0.2) is 48.5 Å². The van der Waals surface area contributed by atoms with Crippen molar-refractivity contribution in [3.8, 4) is 5.75 Å². The zero-order valence-electron chi connectivity index (χ0n) is 16.1. The summed E-state index contributed by atoms with van der Waals surface area (Å²) in [5, 5.41) is 2.99. The summed E-state index contributed by atoms with van der Waals surface area (Å²) in [5.74, 6) is 0.673. The van der Waals surface area contributed by atoms with Crippen molar-refractivity contribution in [3.05, 3.63) is 59.7 Å². The first kappa shape index (κ1) is 19.2. The Bertz CT molecular complexity index is 739. The van der Waals surface area contributed by atoms with Crippen LogP contribution in [0.1, 0.15) is 24.5 Å².